The molecule has 1 unspecified atom stereocenters. The lowest BCUT2D eigenvalue weighted by Gasteiger charge is -2.08. The lowest BCUT2D eigenvalue weighted by molar-refractivity contribution is -0.138. The second-order valence-electron chi connectivity index (χ2n) is 3.81. The maximum atomic E-state index is 11.8. The van der Waals surface area contributed by atoms with E-state index in [4.69, 9.17) is 5.11 Å². The molecule has 1 heterocycles. The van der Waals surface area contributed by atoms with Gasteiger partial charge in [-0.05, 0) is 19.1 Å². The van der Waals surface area contributed by atoms with Crippen molar-refractivity contribution in [3.8, 4) is 0 Å². The monoisotopic (exact) mass is 306 g/mol. The number of hydrogen-bond donors (Lipinski definition) is 3. The lowest BCUT2D eigenvalue weighted by atomic mass is 10.4. The predicted octanol–water partition coefficient (Wildman–Crippen LogP) is 0.136. The van der Waals surface area contributed by atoms with Crippen molar-refractivity contribution in [2.45, 2.75) is 30.6 Å². The first-order chi connectivity index (χ1) is 8.72. The van der Waals surface area contributed by atoms with E-state index >= 15 is 0 Å². The molecule has 0 aromatic carbocycles. The molecule has 1 aromatic heterocycles. The van der Waals surface area contributed by atoms with E-state index in [-0.39, 0.29) is 16.7 Å². The molecule has 19 heavy (non-hydrogen) atoms. The highest BCUT2D eigenvalue weighted by Gasteiger charge is 2.22. The molecule has 1 amide bonds. The number of carboxylic acid groups (broad SMARTS) is 1. The van der Waals surface area contributed by atoms with Crippen molar-refractivity contribution in [1.29, 1.82) is 0 Å². The van der Waals surface area contributed by atoms with E-state index in [9.17, 15) is 18.0 Å². The predicted molar refractivity (Wildman–Crippen MR) is 69.3 cm³/mol. The first-order valence-electron chi connectivity index (χ1n) is 5.30. The van der Waals surface area contributed by atoms with Gasteiger partial charge in [0, 0.05) is 11.8 Å². The summed E-state index contributed by atoms with van der Waals surface area (Å²) in [6.45, 7) is 2.84. The van der Waals surface area contributed by atoms with Crippen molar-refractivity contribution in [2.24, 2.45) is 0 Å². The second kappa shape index (κ2) is 6.13. The Kier molecular flexibility index (Phi) is 5.04. The molecule has 0 bridgehead atoms. The number of carbonyl (C=O) groups excluding carboxylic acids is 1. The van der Waals surface area contributed by atoms with Gasteiger partial charge >= 0.3 is 5.97 Å². The standard InChI is InChI=1S/C10H14N2O5S2/c1-6(10(14)15)12-19(16,17)9-4-3-8(18-9)5-11-7(2)13/h3-4,6,12H,5H2,1-2H3,(H,11,13)(H,14,15). The molecule has 9 heteroatoms. The molecular weight excluding hydrogens is 292 g/mol. The number of carboxylic acids is 1. The number of aliphatic carboxylic acids is 1. The van der Waals surface area contributed by atoms with Crippen LogP contribution < -0.4 is 10.0 Å². The Morgan fingerprint density at radius 2 is 2.05 bits per heavy atom. The number of nitrogens with one attached hydrogen (secondary N) is 2. The van der Waals surface area contributed by atoms with E-state index in [1.54, 1.807) is 6.07 Å². The Labute approximate surface area is 114 Å². The molecule has 1 aromatic rings. The third-order valence-corrected chi connectivity index (χ3v) is 5.23. The molecule has 1 atom stereocenters. The zero-order valence-corrected chi connectivity index (χ0v) is 12.0. The molecule has 0 aliphatic rings. The molecule has 3 N–H and O–H groups in total. The maximum Gasteiger partial charge on any atom is 0.321 e. The van der Waals surface area contributed by atoms with Crippen LogP contribution in [0.25, 0.3) is 0 Å². The highest BCUT2D eigenvalue weighted by molar-refractivity contribution is 7.91. The third-order valence-electron chi connectivity index (χ3n) is 2.12. The van der Waals surface area contributed by atoms with E-state index in [1.807, 2.05) is 4.72 Å². The summed E-state index contributed by atoms with van der Waals surface area (Å²) in [6.07, 6.45) is 0. The summed E-state index contributed by atoms with van der Waals surface area (Å²) in [5, 5.41) is 11.2. The Morgan fingerprint density at radius 3 is 2.58 bits per heavy atom. The largest absolute Gasteiger partial charge is 0.480 e. The smallest absolute Gasteiger partial charge is 0.321 e. The molecule has 7 nitrogen and oxygen atoms in total. The van der Waals surface area contributed by atoms with E-state index in [2.05, 4.69) is 5.32 Å². The Bertz CT molecular complexity index is 578. The SMILES string of the molecule is CC(=O)NCc1ccc(S(=O)(=O)NC(C)C(=O)O)s1. The maximum absolute atomic E-state index is 11.8. The molecular formula is C10H14N2O5S2. The zero-order chi connectivity index (χ0) is 14.6. The van der Waals surface area contributed by atoms with Gasteiger partial charge in [-0.2, -0.15) is 4.72 Å². The van der Waals surface area contributed by atoms with E-state index in [1.165, 1.54) is 19.9 Å². The van der Waals surface area contributed by atoms with Crippen LogP contribution in [0.1, 0.15) is 18.7 Å². The Hall–Kier alpha value is -1.45. The molecule has 0 spiro atoms. The highest BCUT2D eigenvalue weighted by atomic mass is 32.2. The zero-order valence-electron chi connectivity index (χ0n) is 10.3. The van der Waals surface area contributed by atoms with E-state index in [0.29, 0.717) is 4.88 Å². The normalized spacial score (nSPS) is 12.9. The number of rotatable bonds is 6. The van der Waals surface area contributed by atoms with Crippen LogP contribution in [0.5, 0.6) is 0 Å². The number of amides is 1. The minimum absolute atomic E-state index is 0.0148. The Balaban J connectivity index is 2.79. The molecule has 0 saturated carbocycles. The number of thiophene rings is 1. The van der Waals surface area contributed by atoms with Crippen LogP contribution in [0.2, 0.25) is 0 Å². The fraction of sp³-hybridized carbons (Fsp3) is 0.400. The van der Waals surface area contributed by atoms with Gasteiger partial charge in [0.25, 0.3) is 10.0 Å². The summed E-state index contributed by atoms with van der Waals surface area (Å²) in [7, 11) is -3.85. The molecule has 0 aliphatic carbocycles. The van der Waals surface area contributed by atoms with Crippen LogP contribution in [0.3, 0.4) is 0 Å². The van der Waals surface area contributed by atoms with Gasteiger partial charge in [-0.1, -0.05) is 0 Å². The number of carbonyl (C=O) groups is 2. The van der Waals surface area contributed by atoms with Crippen LogP contribution in [0, 0.1) is 0 Å². The molecule has 1 rings (SSSR count). The van der Waals surface area contributed by atoms with Gasteiger partial charge in [-0.15, -0.1) is 11.3 Å². The van der Waals surface area contributed by atoms with Gasteiger partial charge in [-0.25, -0.2) is 8.42 Å². The lowest BCUT2D eigenvalue weighted by Crippen LogP contribution is -2.37. The summed E-state index contributed by atoms with van der Waals surface area (Å²) < 4.78 is 25.8. The van der Waals surface area contributed by atoms with Crippen LogP contribution in [0.15, 0.2) is 16.3 Å². The Morgan fingerprint density at radius 1 is 1.42 bits per heavy atom. The van der Waals surface area contributed by atoms with Gasteiger partial charge in [0.2, 0.25) is 5.91 Å². The van der Waals surface area contributed by atoms with Crippen molar-refractivity contribution in [2.75, 3.05) is 0 Å². The van der Waals surface area contributed by atoms with Crippen molar-refractivity contribution < 1.29 is 23.1 Å². The van der Waals surface area contributed by atoms with Gasteiger partial charge in [-0.3, -0.25) is 9.59 Å². The van der Waals surface area contributed by atoms with Gasteiger partial charge in [0.1, 0.15) is 10.3 Å². The fourth-order valence-electron chi connectivity index (χ4n) is 1.15. The van der Waals surface area contributed by atoms with Gasteiger partial charge in [0.15, 0.2) is 0 Å². The number of sulfonamides is 1. The summed E-state index contributed by atoms with van der Waals surface area (Å²) in [5.41, 5.74) is 0. The van der Waals surface area contributed by atoms with Crippen LogP contribution in [0.4, 0.5) is 0 Å². The van der Waals surface area contributed by atoms with Crippen molar-refractivity contribution >= 4 is 33.2 Å². The van der Waals surface area contributed by atoms with Crippen molar-refractivity contribution in [1.82, 2.24) is 10.0 Å². The molecule has 0 aliphatic heterocycles. The third kappa shape index (κ3) is 4.62. The minimum atomic E-state index is -3.85. The highest BCUT2D eigenvalue weighted by Crippen LogP contribution is 2.21. The van der Waals surface area contributed by atoms with Crippen molar-refractivity contribution in [3.63, 3.8) is 0 Å². The van der Waals surface area contributed by atoms with Crippen LogP contribution >= 0.6 is 11.3 Å². The van der Waals surface area contributed by atoms with Crippen LogP contribution in [-0.2, 0) is 26.2 Å². The van der Waals surface area contributed by atoms with Gasteiger partial charge in [0.05, 0.1) is 6.54 Å². The summed E-state index contributed by atoms with van der Waals surface area (Å²) in [4.78, 5) is 22.0. The van der Waals surface area contributed by atoms with Gasteiger partial charge < -0.3 is 10.4 Å². The second-order valence-corrected chi connectivity index (χ2v) is 6.92. The summed E-state index contributed by atoms with van der Waals surface area (Å²) in [5.74, 6) is -1.46. The van der Waals surface area contributed by atoms with Crippen LogP contribution in [-0.4, -0.2) is 31.4 Å². The van der Waals surface area contributed by atoms with Crippen molar-refractivity contribution in [3.05, 3.63) is 17.0 Å². The fourth-order valence-corrected chi connectivity index (χ4v) is 3.66. The first-order valence-corrected chi connectivity index (χ1v) is 7.60. The molecule has 0 fully saturated rings. The molecule has 106 valence electrons. The van der Waals surface area contributed by atoms with E-state index < -0.39 is 22.0 Å². The number of hydrogen-bond acceptors (Lipinski definition) is 5. The average Bonchev–Trinajstić information content (AvgIpc) is 2.74. The minimum Gasteiger partial charge on any atom is -0.480 e. The summed E-state index contributed by atoms with van der Waals surface area (Å²) in [6, 6.07) is 1.74. The molecule has 0 radical (unpaired) electrons. The van der Waals surface area contributed by atoms with E-state index in [0.717, 1.165) is 11.3 Å². The quantitative estimate of drug-likeness (QED) is 0.692. The first kappa shape index (κ1) is 15.6. The topological polar surface area (TPSA) is 113 Å². The summed E-state index contributed by atoms with van der Waals surface area (Å²) >= 11 is 0.977. The average molecular weight is 306 g/mol. The molecule has 0 saturated heterocycles.